The van der Waals surface area contributed by atoms with Crippen LogP contribution < -0.4 is 4.74 Å². The molecule has 4 aromatic rings. The molecule has 7 heteroatoms. The Kier molecular flexibility index (Phi) is 9.14. The highest BCUT2D eigenvalue weighted by molar-refractivity contribution is 8.01. The highest BCUT2D eigenvalue weighted by Crippen LogP contribution is 2.41. The van der Waals surface area contributed by atoms with E-state index in [1.54, 1.807) is 35.2 Å². The van der Waals surface area contributed by atoms with Gasteiger partial charge in [-0.3, -0.25) is 4.79 Å². The summed E-state index contributed by atoms with van der Waals surface area (Å²) in [5.41, 5.74) is 4.76. The third kappa shape index (κ3) is 7.18. The van der Waals surface area contributed by atoms with Crippen molar-refractivity contribution in [3.63, 3.8) is 0 Å². The number of rotatable bonds is 12. The molecular formula is C29H28FNO3S2. The predicted molar refractivity (Wildman–Crippen MR) is 144 cm³/mol. The van der Waals surface area contributed by atoms with Crippen LogP contribution in [0.25, 0.3) is 11.3 Å². The van der Waals surface area contributed by atoms with Gasteiger partial charge in [0.25, 0.3) is 0 Å². The first-order chi connectivity index (χ1) is 17.5. The zero-order valence-electron chi connectivity index (χ0n) is 20.0. The van der Waals surface area contributed by atoms with Crippen molar-refractivity contribution >= 4 is 29.1 Å². The molecule has 0 bridgehead atoms. The van der Waals surface area contributed by atoms with Gasteiger partial charge in [0.05, 0.1) is 5.69 Å². The number of thioether (sulfide) groups is 1. The van der Waals surface area contributed by atoms with Crippen LogP contribution in [0.4, 0.5) is 4.39 Å². The standard InChI is InChI=1S/C29H28FNO3S2/c1-2-6-27(36-29-31-26(19-35-29)22-7-4-3-5-8-22)23-11-9-20(10-12-23)18-34-24-15-13-21(25(30)17-24)14-16-28(32)33/h3-5,7-13,15,17,19,27H,2,6,14,16,18H2,1H3,(H,32,33). The Bertz CT molecular complexity index is 1280. The lowest BCUT2D eigenvalue weighted by Crippen LogP contribution is -2.01. The van der Waals surface area contributed by atoms with Crippen LogP contribution in [-0.4, -0.2) is 16.1 Å². The maximum atomic E-state index is 14.2. The van der Waals surface area contributed by atoms with E-state index in [1.807, 2.05) is 30.3 Å². The van der Waals surface area contributed by atoms with Crippen molar-refractivity contribution in [2.45, 2.75) is 48.8 Å². The number of carboxylic acids is 1. The molecule has 0 aliphatic carbocycles. The molecule has 0 aliphatic heterocycles. The monoisotopic (exact) mass is 521 g/mol. The number of carboxylic acid groups (broad SMARTS) is 1. The number of aryl methyl sites for hydroxylation is 1. The van der Waals surface area contributed by atoms with E-state index in [-0.39, 0.29) is 12.8 Å². The third-order valence-electron chi connectivity index (χ3n) is 5.74. The molecule has 1 aromatic heterocycles. The minimum atomic E-state index is -0.943. The summed E-state index contributed by atoms with van der Waals surface area (Å²) in [6, 6.07) is 23.2. The molecule has 1 heterocycles. The largest absolute Gasteiger partial charge is 0.489 e. The Morgan fingerprint density at radius 1 is 1.11 bits per heavy atom. The summed E-state index contributed by atoms with van der Waals surface area (Å²) in [6.45, 7) is 2.52. The number of nitrogens with zero attached hydrogens (tertiary/aromatic N) is 1. The molecule has 4 nitrogen and oxygen atoms in total. The molecule has 1 atom stereocenters. The van der Waals surface area contributed by atoms with Crippen molar-refractivity contribution in [1.29, 1.82) is 0 Å². The summed E-state index contributed by atoms with van der Waals surface area (Å²) in [5, 5.41) is 11.2. The molecular weight excluding hydrogens is 493 g/mol. The zero-order valence-corrected chi connectivity index (χ0v) is 21.7. The second-order valence-electron chi connectivity index (χ2n) is 8.44. The lowest BCUT2D eigenvalue weighted by Gasteiger charge is -2.15. The van der Waals surface area contributed by atoms with Crippen molar-refractivity contribution in [1.82, 2.24) is 4.98 Å². The van der Waals surface area contributed by atoms with E-state index >= 15 is 0 Å². The van der Waals surface area contributed by atoms with Crippen LogP contribution in [0, 0.1) is 5.82 Å². The van der Waals surface area contributed by atoms with Crippen LogP contribution in [-0.2, 0) is 17.8 Å². The summed E-state index contributed by atoms with van der Waals surface area (Å²) in [7, 11) is 0. The fourth-order valence-electron chi connectivity index (χ4n) is 3.79. The molecule has 0 aliphatic rings. The van der Waals surface area contributed by atoms with Crippen LogP contribution in [0.3, 0.4) is 0 Å². The highest BCUT2D eigenvalue weighted by Gasteiger charge is 2.16. The molecule has 0 radical (unpaired) electrons. The minimum Gasteiger partial charge on any atom is -0.489 e. The number of carbonyl (C=O) groups is 1. The normalized spacial score (nSPS) is 11.8. The van der Waals surface area contributed by atoms with Crippen molar-refractivity contribution in [3.05, 3.63) is 101 Å². The minimum absolute atomic E-state index is 0.0997. The molecule has 0 fully saturated rings. The molecule has 3 aromatic carbocycles. The van der Waals surface area contributed by atoms with E-state index in [0.717, 1.165) is 34.0 Å². The van der Waals surface area contributed by atoms with Gasteiger partial charge < -0.3 is 9.84 Å². The van der Waals surface area contributed by atoms with Crippen LogP contribution in [0.15, 0.2) is 82.5 Å². The fraction of sp³-hybridized carbons (Fsp3) is 0.241. The summed E-state index contributed by atoms with van der Waals surface area (Å²) < 4.78 is 21.1. The summed E-state index contributed by atoms with van der Waals surface area (Å²) in [4.78, 5) is 15.6. The van der Waals surface area contributed by atoms with Crippen molar-refractivity contribution in [3.8, 4) is 17.0 Å². The van der Waals surface area contributed by atoms with Gasteiger partial charge in [0, 0.05) is 28.7 Å². The smallest absolute Gasteiger partial charge is 0.303 e. The van der Waals surface area contributed by atoms with E-state index in [0.29, 0.717) is 23.2 Å². The van der Waals surface area contributed by atoms with Gasteiger partial charge in [0.15, 0.2) is 4.34 Å². The van der Waals surface area contributed by atoms with Crippen LogP contribution in [0.2, 0.25) is 0 Å². The average molecular weight is 522 g/mol. The predicted octanol–water partition coefficient (Wildman–Crippen LogP) is 8.18. The van der Waals surface area contributed by atoms with E-state index in [1.165, 1.54) is 11.6 Å². The maximum Gasteiger partial charge on any atom is 0.303 e. The maximum absolute atomic E-state index is 14.2. The molecule has 0 amide bonds. The van der Waals surface area contributed by atoms with Crippen LogP contribution in [0.5, 0.6) is 5.75 Å². The first-order valence-electron chi connectivity index (χ1n) is 11.9. The van der Waals surface area contributed by atoms with E-state index in [4.69, 9.17) is 14.8 Å². The number of thiazole rings is 1. The second-order valence-corrected chi connectivity index (χ2v) is 10.7. The molecule has 1 N–H and O–H groups in total. The van der Waals surface area contributed by atoms with Gasteiger partial charge >= 0.3 is 5.97 Å². The number of benzene rings is 3. The highest BCUT2D eigenvalue weighted by atomic mass is 32.2. The van der Waals surface area contributed by atoms with Crippen molar-refractivity contribution in [2.24, 2.45) is 0 Å². The van der Waals surface area contributed by atoms with E-state index in [2.05, 4.69) is 36.6 Å². The lowest BCUT2D eigenvalue weighted by atomic mass is 10.1. The average Bonchev–Trinajstić information content (AvgIpc) is 3.36. The molecule has 186 valence electrons. The Morgan fingerprint density at radius 2 is 1.89 bits per heavy atom. The van der Waals surface area contributed by atoms with Gasteiger partial charge in [-0.25, -0.2) is 9.37 Å². The quantitative estimate of drug-likeness (QED) is 0.191. The second kappa shape index (κ2) is 12.7. The Morgan fingerprint density at radius 3 is 2.58 bits per heavy atom. The number of ether oxygens (including phenoxy) is 1. The van der Waals surface area contributed by atoms with Gasteiger partial charge in [0.2, 0.25) is 0 Å². The zero-order chi connectivity index (χ0) is 25.3. The summed E-state index contributed by atoms with van der Waals surface area (Å²) in [6.07, 6.45) is 2.19. The van der Waals surface area contributed by atoms with E-state index < -0.39 is 11.8 Å². The van der Waals surface area contributed by atoms with Gasteiger partial charge in [-0.05, 0) is 35.6 Å². The molecule has 1 unspecified atom stereocenters. The first-order valence-corrected chi connectivity index (χ1v) is 13.7. The van der Waals surface area contributed by atoms with Crippen LogP contribution in [0.1, 0.15) is 48.1 Å². The molecule has 36 heavy (non-hydrogen) atoms. The first kappa shape index (κ1) is 25.9. The Balaban J connectivity index is 1.36. The molecule has 0 saturated carbocycles. The number of halogens is 1. The third-order valence-corrected chi connectivity index (χ3v) is 8.03. The number of hydrogen-bond donors (Lipinski definition) is 1. The summed E-state index contributed by atoms with van der Waals surface area (Å²) in [5.74, 6) is -0.962. The van der Waals surface area contributed by atoms with Gasteiger partial charge in [-0.15, -0.1) is 11.3 Å². The van der Waals surface area contributed by atoms with Crippen LogP contribution >= 0.6 is 23.1 Å². The SMILES string of the molecule is CCCC(Sc1nc(-c2ccccc2)cs1)c1ccc(COc2ccc(CCC(=O)O)c(F)c2)cc1. The van der Waals surface area contributed by atoms with Crippen molar-refractivity contribution in [2.75, 3.05) is 0 Å². The van der Waals surface area contributed by atoms with Gasteiger partial charge in [0.1, 0.15) is 18.2 Å². The van der Waals surface area contributed by atoms with Gasteiger partial charge in [-0.1, -0.05) is 85.8 Å². The van der Waals surface area contributed by atoms with Gasteiger partial charge in [-0.2, -0.15) is 0 Å². The number of aromatic nitrogens is 1. The Labute approximate surface area is 219 Å². The molecule has 0 spiro atoms. The fourth-order valence-corrected chi connectivity index (χ4v) is 6.10. The van der Waals surface area contributed by atoms with E-state index in [9.17, 15) is 9.18 Å². The number of aliphatic carboxylic acids is 1. The van der Waals surface area contributed by atoms with Crippen molar-refractivity contribution < 1.29 is 19.0 Å². The summed E-state index contributed by atoms with van der Waals surface area (Å²) >= 11 is 3.49. The molecule has 4 rings (SSSR count). The lowest BCUT2D eigenvalue weighted by molar-refractivity contribution is -0.136. The molecule has 0 saturated heterocycles. The Hall–Kier alpha value is -3.16. The topological polar surface area (TPSA) is 59.4 Å². The number of hydrogen-bond acceptors (Lipinski definition) is 5.